The lowest BCUT2D eigenvalue weighted by atomic mass is 9.92. The van der Waals surface area contributed by atoms with Crippen LogP contribution in [0, 0.1) is 0 Å². The van der Waals surface area contributed by atoms with Crippen molar-refractivity contribution in [1.29, 1.82) is 0 Å². The van der Waals surface area contributed by atoms with Crippen molar-refractivity contribution in [2.45, 2.75) is 70.2 Å². The molecule has 118 valence electrons. The monoisotopic (exact) mass is 286 g/mol. The predicted molar refractivity (Wildman–Crippen MR) is 79.9 cm³/mol. The summed E-state index contributed by atoms with van der Waals surface area (Å²) in [7, 11) is 5.78. The summed E-state index contributed by atoms with van der Waals surface area (Å²) >= 11 is 0. The first kappa shape index (κ1) is 17.2. The summed E-state index contributed by atoms with van der Waals surface area (Å²) in [5.74, 6) is 0. The van der Waals surface area contributed by atoms with Crippen LogP contribution < -0.4 is 0 Å². The summed E-state index contributed by atoms with van der Waals surface area (Å²) in [6.07, 6.45) is 6.79. The molecule has 1 N–H and O–H groups in total. The van der Waals surface area contributed by atoms with Gasteiger partial charge in [-0.25, -0.2) is 4.79 Å². The molecule has 1 rings (SSSR count). The maximum atomic E-state index is 11.0. The number of nitrogens with zero attached hydrogens (tertiary/aromatic N) is 2. The minimum Gasteiger partial charge on any atom is -0.465 e. The van der Waals surface area contributed by atoms with Crippen molar-refractivity contribution in [1.82, 2.24) is 9.80 Å². The Hall–Kier alpha value is -0.810. The van der Waals surface area contributed by atoms with Gasteiger partial charge in [-0.1, -0.05) is 13.3 Å². The Morgan fingerprint density at radius 2 is 1.85 bits per heavy atom. The molecule has 1 amide bonds. The molecule has 1 aliphatic carbocycles. The van der Waals surface area contributed by atoms with Crippen LogP contribution in [0.1, 0.15) is 51.9 Å². The second-order valence-electron chi connectivity index (χ2n) is 6.02. The van der Waals surface area contributed by atoms with Gasteiger partial charge < -0.3 is 14.7 Å². The Bertz CT molecular complexity index is 289. The summed E-state index contributed by atoms with van der Waals surface area (Å²) in [6, 6.07) is 0.154. The number of unbranched alkanes of at least 4 members (excludes halogenated alkanes) is 1. The Labute approximate surface area is 122 Å². The van der Waals surface area contributed by atoms with Crippen LogP contribution in [0.4, 0.5) is 4.79 Å². The molecule has 1 unspecified atom stereocenters. The van der Waals surface area contributed by atoms with E-state index in [-0.39, 0.29) is 18.4 Å². The van der Waals surface area contributed by atoms with Crippen molar-refractivity contribution < 1.29 is 14.6 Å². The van der Waals surface area contributed by atoms with Crippen LogP contribution in [0.25, 0.3) is 0 Å². The molecule has 5 nitrogen and oxygen atoms in total. The summed E-state index contributed by atoms with van der Waals surface area (Å²) < 4.78 is 6.20. The Morgan fingerprint density at radius 1 is 1.25 bits per heavy atom. The molecule has 20 heavy (non-hydrogen) atoms. The highest BCUT2D eigenvalue weighted by Crippen LogP contribution is 2.26. The van der Waals surface area contributed by atoms with Crippen LogP contribution in [0.15, 0.2) is 0 Å². The van der Waals surface area contributed by atoms with E-state index in [9.17, 15) is 4.79 Å². The van der Waals surface area contributed by atoms with E-state index < -0.39 is 6.09 Å². The highest BCUT2D eigenvalue weighted by Gasteiger charge is 2.28. The number of hydrogen-bond donors (Lipinski definition) is 1. The van der Waals surface area contributed by atoms with E-state index in [2.05, 4.69) is 25.9 Å². The van der Waals surface area contributed by atoms with Crippen molar-refractivity contribution in [2.24, 2.45) is 0 Å². The summed E-state index contributed by atoms with van der Waals surface area (Å²) in [5, 5.41) is 9.00. The van der Waals surface area contributed by atoms with Crippen molar-refractivity contribution in [3.05, 3.63) is 0 Å². The predicted octanol–water partition coefficient (Wildman–Crippen LogP) is 3.00. The van der Waals surface area contributed by atoms with Gasteiger partial charge in [-0.15, -0.1) is 0 Å². The SMILES string of the molecule is CCCCC(OC1CCC(N(C)C(=O)O)CC1)N(C)C. The lowest BCUT2D eigenvalue weighted by Gasteiger charge is -2.36. The maximum Gasteiger partial charge on any atom is 0.407 e. The number of ether oxygens (including phenoxy) is 1. The van der Waals surface area contributed by atoms with Crippen LogP contribution >= 0.6 is 0 Å². The van der Waals surface area contributed by atoms with Gasteiger partial charge in [-0.05, 0) is 52.6 Å². The minimum atomic E-state index is -0.830. The lowest BCUT2D eigenvalue weighted by Crippen LogP contribution is -2.42. The molecule has 0 aromatic rings. The molecule has 1 fully saturated rings. The molecule has 0 radical (unpaired) electrons. The number of hydrogen-bond acceptors (Lipinski definition) is 3. The van der Waals surface area contributed by atoms with Crippen LogP contribution in [0.5, 0.6) is 0 Å². The zero-order valence-corrected chi connectivity index (χ0v) is 13.3. The molecule has 1 aliphatic rings. The van der Waals surface area contributed by atoms with E-state index in [1.165, 1.54) is 17.7 Å². The van der Waals surface area contributed by atoms with Gasteiger partial charge in [0.1, 0.15) is 6.23 Å². The van der Waals surface area contributed by atoms with E-state index >= 15 is 0 Å². The minimum absolute atomic E-state index is 0.154. The highest BCUT2D eigenvalue weighted by atomic mass is 16.5. The molecule has 0 bridgehead atoms. The summed E-state index contributed by atoms with van der Waals surface area (Å²) in [6.45, 7) is 2.19. The molecule has 0 aliphatic heterocycles. The maximum absolute atomic E-state index is 11.0. The first-order valence-electron chi connectivity index (χ1n) is 7.73. The molecule has 0 spiro atoms. The fourth-order valence-corrected chi connectivity index (χ4v) is 2.77. The smallest absolute Gasteiger partial charge is 0.407 e. The van der Waals surface area contributed by atoms with Gasteiger partial charge in [-0.3, -0.25) is 4.90 Å². The average molecular weight is 286 g/mol. The molecule has 0 saturated heterocycles. The Kier molecular flexibility index (Phi) is 7.30. The van der Waals surface area contributed by atoms with Gasteiger partial charge in [0.2, 0.25) is 0 Å². The van der Waals surface area contributed by atoms with Crippen LogP contribution in [-0.2, 0) is 4.74 Å². The zero-order chi connectivity index (χ0) is 15.1. The highest BCUT2D eigenvalue weighted by molar-refractivity contribution is 5.64. The number of rotatable bonds is 7. The van der Waals surface area contributed by atoms with Crippen molar-refractivity contribution in [2.75, 3.05) is 21.1 Å². The quantitative estimate of drug-likeness (QED) is 0.731. The molecule has 1 atom stereocenters. The molecule has 1 saturated carbocycles. The number of carbonyl (C=O) groups is 1. The van der Waals surface area contributed by atoms with Crippen molar-refractivity contribution >= 4 is 6.09 Å². The number of carboxylic acid groups (broad SMARTS) is 1. The molecule has 0 aromatic heterocycles. The fraction of sp³-hybridized carbons (Fsp3) is 0.933. The van der Waals surface area contributed by atoms with Gasteiger partial charge in [0, 0.05) is 13.1 Å². The van der Waals surface area contributed by atoms with Crippen LogP contribution in [0.3, 0.4) is 0 Å². The third kappa shape index (κ3) is 5.29. The van der Waals surface area contributed by atoms with Crippen LogP contribution in [0.2, 0.25) is 0 Å². The normalized spacial score (nSPS) is 24.6. The van der Waals surface area contributed by atoms with Gasteiger partial charge in [0.15, 0.2) is 0 Å². The zero-order valence-electron chi connectivity index (χ0n) is 13.3. The summed E-state index contributed by atoms with van der Waals surface area (Å²) in [4.78, 5) is 14.5. The van der Waals surface area contributed by atoms with E-state index in [1.54, 1.807) is 7.05 Å². The largest absolute Gasteiger partial charge is 0.465 e. The van der Waals surface area contributed by atoms with Gasteiger partial charge in [0.25, 0.3) is 0 Å². The standard InChI is InChI=1S/C15H30N2O3/c1-5-6-7-14(16(2)3)20-13-10-8-12(9-11-13)17(4)15(18)19/h12-14H,5-11H2,1-4H3,(H,18,19). The second kappa shape index (κ2) is 8.47. The van der Waals surface area contributed by atoms with Crippen molar-refractivity contribution in [3.63, 3.8) is 0 Å². The number of amides is 1. The molecular formula is C15H30N2O3. The third-order valence-corrected chi connectivity index (χ3v) is 4.22. The lowest BCUT2D eigenvalue weighted by molar-refractivity contribution is -0.101. The molecule has 0 aromatic carbocycles. The molecule has 5 heteroatoms. The first-order valence-corrected chi connectivity index (χ1v) is 7.73. The first-order chi connectivity index (χ1) is 9.45. The van der Waals surface area contributed by atoms with E-state index in [0.29, 0.717) is 0 Å². The van der Waals surface area contributed by atoms with E-state index in [1.807, 2.05) is 0 Å². The van der Waals surface area contributed by atoms with Gasteiger partial charge in [-0.2, -0.15) is 0 Å². The summed E-state index contributed by atoms with van der Waals surface area (Å²) in [5.41, 5.74) is 0. The molecular weight excluding hydrogens is 256 g/mol. The third-order valence-electron chi connectivity index (χ3n) is 4.22. The van der Waals surface area contributed by atoms with Crippen LogP contribution in [-0.4, -0.2) is 60.5 Å². The Morgan fingerprint density at radius 3 is 2.30 bits per heavy atom. The molecule has 0 heterocycles. The van der Waals surface area contributed by atoms with Gasteiger partial charge in [0.05, 0.1) is 6.10 Å². The van der Waals surface area contributed by atoms with E-state index in [4.69, 9.17) is 9.84 Å². The Balaban J connectivity index is 2.38. The van der Waals surface area contributed by atoms with E-state index in [0.717, 1.165) is 32.1 Å². The average Bonchev–Trinajstić information content (AvgIpc) is 2.42. The topological polar surface area (TPSA) is 53.0 Å². The fourth-order valence-electron chi connectivity index (χ4n) is 2.77. The van der Waals surface area contributed by atoms with Gasteiger partial charge >= 0.3 is 6.09 Å². The van der Waals surface area contributed by atoms with Crippen molar-refractivity contribution in [3.8, 4) is 0 Å². The second-order valence-corrected chi connectivity index (χ2v) is 6.02.